The Morgan fingerprint density at radius 1 is 0.462 bits per heavy atom. The largest absolute Gasteiger partial charge is 0.416 e. The Morgan fingerprint density at radius 3 is 1.44 bits per heavy atom. The molecule has 0 fully saturated rings. The summed E-state index contributed by atoms with van der Waals surface area (Å²) in [4.78, 5) is 0. The first-order chi connectivity index (χ1) is 24.6. The quantitative estimate of drug-likeness (QED) is 0.182. The third kappa shape index (κ3) is 5.35. The van der Waals surface area contributed by atoms with Gasteiger partial charge in [0.25, 0.3) is 0 Å². The van der Waals surface area contributed by atoms with E-state index in [1.807, 2.05) is 36.4 Å². The molecule has 0 amide bonds. The summed E-state index contributed by atoms with van der Waals surface area (Å²) >= 11 is 0. The van der Waals surface area contributed by atoms with Gasteiger partial charge in [-0.25, -0.2) is 0 Å². The van der Waals surface area contributed by atoms with Gasteiger partial charge in [0.1, 0.15) is 0 Å². The number of rotatable bonds is 3. The highest BCUT2D eigenvalue weighted by Crippen LogP contribution is 2.44. The minimum atomic E-state index is -4.57. The van der Waals surface area contributed by atoms with Gasteiger partial charge in [0, 0.05) is 32.7 Å². The smallest absolute Gasteiger partial charge is 0.309 e. The number of aromatic nitrogens is 2. The Hall–Kier alpha value is -5.80. The fraction of sp³-hybridized carbons (Fsp3) is 0.196. The van der Waals surface area contributed by atoms with Crippen molar-refractivity contribution in [1.82, 2.24) is 9.13 Å². The van der Waals surface area contributed by atoms with Crippen LogP contribution in [-0.2, 0) is 17.0 Å². The molecule has 0 radical (unpaired) electrons. The van der Waals surface area contributed by atoms with Gasteiger partial charge in [0.15, 0.2) is 0 Å². The van der Waals surface area contributed by atoms with Gasteiger partial charge < -0.3 is 9.13 Å². The van der Waals surface area contributed by atoms with Crippen molar-refractivity contribution in [3.05, 3.63) is 144 Å². The molecule has 0 saturated heterocycles. The summed E-state index contributed by atoms with van der Waals surface area (Å²) in [7, 11) is 0. The molecule has 8 aromatic rings. The van der Waals surface area contributed by atoms with E-state index in [4.69, 9.17) is 0 Å². The van der Waals surface area contributed by atoms with Crippen molar-refractivity contribution in [2.24, 2.45) is 0 Å². The lowest BCUT2D eigenvalue weighted by molar-refractivity contribution is -0.137. The van der Waals surface area contributed by atoms with Crippen LogP contribution in [0.4, 0.5) is 13.2 Å². The number of fused-ring (bicyclic) bond motifs is 6. The second kappa shape index (κ2) is 11.6. The van der Waals surface area contributed by atoms with Crippen LogP contribution in [0.2, 0.25) is 0 Å². The number of hydrogen-bond acceptors (Lipinski definition) is 1. The highest BCUT2D eigenvalue weighted by atomic mass is 19.4. The van der Waals surface area contributed by atoms with E-state index >= 15 is 0 Å². The second-order valence-corrected chi connectivity index (χ2v) is 15.7. The predicted octanol–water partition coefficient (Wildman–Crippen LogP) is 13.0. The lowest BCUT2D eigenvalue weighted by Crippen LogP contribution is -2.10. The summed E-state index contributed by atoms with van der Waals surface area (Å²) in [5.74, 6) is 0. The predicted molar refractivity (Wildman–Crippen MR) is 208 cm³/mol. The van der Waals surface area contributed by atoms with Crippen LogP contribution < -0.4 is 0 Å². The first-order valence-electron chi connectivity index (χ1n) is 17.5. The maximum Gasteiger partial charge on any atom is 0.416 e. The zero-order chi connectivity index (χ0) is 36.7. The van der Waals surface area contributed by atoms with Gasteiger partial charge in [-0.1, -0.05) is 96.1 Å². The van der Waals surface area contributed by atoms with E-state index in [2.05, 4.69) is 105 Å². The molecule has 0 aliphatic rings. The van der Waals surface area contributed by atoms with Crippen LogP contribution in [0.25, 0.3) is 66.1 Å². The lowest BCUT2D eigenvalue weighted by atomic mass is 9.86. The number of nitriles is 1. The molecular weight excluding hydrogens is 652 g/mol. The van der Waals surface area contributed by atoms with Crippen molar-refractivity contribution < 1.29 is 13.2 Å². The molecular formula is C46H38F3N3. The summed E-state index contributed by atoms with van der Waals surface area (Å²) in [5.41, 5.74) is 7.68. The third-order valence-electron chi connectivity index (χ3n) is 10.3. The van der Waals surface area contributed by atoms with Crippen LogP contribution in [0.1, 0.15) is 63.8 Å². The van der Waals surface area contributed by atoms with Crippen LogP contribution in [0, 0.1) is 11.3 Å². The normalized spacial score (nSPS) is 12.7. The number of para-hydroxylation sites is 2. The average molecular weight is 690 g/mol. The SMILES string of the molecule is CC(C)(C)c1ccc2c(c1)c1ccccc1n2-c1ccc(C(F)(F)F)cc1-c1ccc(C#N)cc1-n1c2ccccc2c2cc(C(C)(C)C)ccc21. The molecule has 52 heavy (non-hydrogen) atoms. The third-order valence-corrected chi connectivity index (χ3v) is 10.3. The minimum Gasteiger partial charge on any atom is -0.309 e. The topological polar surface area (TPSA) is 33.6 Å². The van der Waals surface area contributed by atoms with Crippen molar-refractivity contribution in [1.29, 1.82) is 5.26 Å². The molecule has 8 rings (SSSR count). The van der Waals surface area contributed by atoms with E-state index in [0.29, 0.717) is 28.1 Å². The number of hydrogen-bond donors (Lipinski definition) is 0. The lowest BCUT2D eigenvalue weighted by Gasteiger charge is -2.21. The first-order valence-corrected chi connectivity index (χ1v) is 17.5. The zero-order valence-electron chi connectivity index (χ0n) is 30.0. The Labute approximate surface area is 301 Å². The summed E-state index contributed by atoms with van der Waals surface area (Å²) in [6.45, 7) is 13.0. The van der Waals surface area contributed by atoms with Gasteiger partial charge in [-0.2, -0.15) is 18.4 Å². The Bertz CT molecular complexity index is 2760. The monoisotopic (exact) mass is 689 g/mol. The van der Waals surface area contributed by atoms with Gasteiger partial charge in [0.2, 0.25) is 0 Å². The highest BCUT2D eigenvalue weighted by molar-refractivity contribution is 6.11. The average Bonchev–Trinajstić information content (AvgIpc) is 3.62. The Balaban J connectivity index is 1.50. The van der Waals surface area contributed by atoms with Crippen molar-refractivity contribution in [3.8, 4) is 28.6 Å². The fourth-order valence-electron chi connectivity index (χ4n) is 7.53. The summed E-state index contributed by atoms with van der Waals surface area (Å²) < 4.78 is 48.0. The molecule has 0 atom stereocenters. The van der Waals surface area contributed by atoms with Crippen LogP contribution in [0.15, 0.2) is 121 Å². The summed E-state index contributed by atoms with van der Waals surface area (Å²) in [5, 5.41) is 14.3. The molecule has 0 bridgehead atoms. The molecule has 0 saturated carbocycles. The van der Waals surface area contributed by atoms with Crippen molar-refractivity contribution in [2.45, 2.75) is 58.5 Å². The summed E-state index contributed by atoms with van der Waals surface area (Å²) in [6, 6.07) is 40.5. The van der Waals surface area contributed by atoms with Gasteiger partial charge in [-0.3, -0.25) is 0 Å². The van der Waals surface area contributed by atoms with Crippen LogP contribution in [-0.4, -0.2) is 9.13 Å². The first kappa shape index (κ1) is 33.3. The Morgan fingerprint density at radius 2 is 0.942 bits per heavy atom. The zero-order valence-corrected chi connectivity index (χ0v) is 30.0. The van der Waals surface area contributed by atoms with Crippen LogP contribution >= 0.6 is 0 Å². The standard InChI is InChI=1S/C46H38F3N3/c1-44(2,3)29-16-20-40-35(24-29)32-11-7-9-13-38(32)51(40)41-22-18-31(46(47,48)49)26-37(41)34-19-15-28(27-50)23-43(34)52-39-14-10-8-12-33(39)36-25-30(45(4,5)6)17-21-42(36)52/h7-26H,1-6H3. The number of benzene rings is 6. The van der Waals surface area contributed by atoms with E-state index in [9.17, 15) is 18.4 Å². The number of alkyl halides is 3. The molecule has 0 N–H and O–H groups in total. The molecule has 6 heteroatoms. The maximum absolute atomic E-state index is 14.6. The molecule has 2 heterocycles. The molecule has 0 aliphatic heterocycles. The maximum atomic E-state index is 14.6. The molecule has 258 valence electrons. The number of halogens is 3. The van der Waals surface area contributed by atoms with Crippen LogP contribution in [0.5, 0.6) is 0 Å². The Kier molecular flexibility index (Phi) is 7.45. The van der Waals surface area contributed by atoms with Gasteiger partial charge in [-0.15, -0.1) is 0 Å². The minimum absolute atomic E-state index is 0.0911. The molecule has 2 aromatic heterocycles. The van der Waals surface area contributed by atoms with E-state index < -0.39 is 11.7 Å². The van der Waals surface area contributed by atoms with Gasteiger partial charge >= 0.3 is 6.18 Å². The van der Waals surface area contributed by atoms with Gasteiger partial charge in [0.05, 0.1) is 50.6 Å². The molecule has 0 unspecified atom stereocenters. The van der Waals surface area contributed by atoms with Crippen molar-refractivity contribution in [3.63, 3.8) is 0 Å². The molecule has 0 aliphatic carbocycles. The van der Waals surface area contributed by atoms with E-state index in [1.54, 1.807) is 24.3 Å². The highest BCUT2D eigenvalue weighted by Gasteiger charge is 2.32. The molecule has 0 spiro atoms. The molecule has 6 aromatic carbocycles. The summed E-state index contributed by atoms with van der Waals surface area (Å²) in [6.07, 6.45) is -4.57. The van der Waals surface area contributed by atoms with E-state index in [1.165, 1.54) is 23.3 Å². The van der Waals surface area contributed by atoms with Gasteiger partial charge in [-0.05, 0) is 88.7 Å². The fourth-order valence-corrected chi connectivity index (χ4v) is 7.53. The van der Waals surface area contributed by atoms with Crippen molar-refractivity contribution >= 4 is 43.6 Å². The second-order valence-electron chi connectivity index (χ2n) is 15.7. The van der Waals surface area contributed by atoms with Crippen molar-refractivity contribution in [2.75, 3.05) is 0 Å². The van der Waals surface area contributed by atoms with E-state index in [-0.39, 0.29) is 10.8 Å². The van der Waals surface area contributed by atoms with Crippen LogP contribution in [0.3, 0.4) is 0 Å². The molecule has 3 nitrogen and oxygen atoms in total. The van der Waals surface area contributed by atoms with E-state index in [0.717, 1.165) is 43.6 Å². The number of nitrogens with zero attached hydrogens (tertiary/aromatic N) is 3.